The molecular weight excluding hydrogens is 164 g/mol. The lowest BCUT2D eigenvalue weighted by Gasteiger charge is -2.24. The Morgan fingerprint density at radius 1 is 1.62 bits per heavy atom. The Morgan fingerprint density at radius 3 is 2.46 bits per heavy atom. The van der Waals surface area contributed by atoms with Crippen LogP contribution in [0.2, 0.25) is 0 Å². The summed E-state index contributed by atoms with van der Waals surface area (Å²) in [6.45, 7) is 5.82. The van der Waals surface area contributed by atoms with E-state index in [1.54, 1.807) is 13.8 Å². The van der Waals surface area contributed by atoms with Crippen molar-refractivity contribution in [2.75, 3.05) is 13.1 Å². The average Bonchev–Trinajstić information content (AvgIpc) is 2.13. The Bertz CT molecular complexity index is 268. The van der Waals surface area contributed by atoms with Gasteiger partial charge in [0.05, 0.1) is 12.6 Å². The third kappa shape index (κ3) is 2.80. The zero-order valence-corrected chi connectivity index (χ0v) is 8.29. The van der Waals surface area contributed by atoms with Gasteiger partial charge < -0.3 is 4.90 Å². The summed E-state index contributed by atoms with van der Waals surface area (Å²) < 4.78 is 0. The van der Waals surface area contributed by atoms with Crippen LogP contribution in [0.5, 0.6) is 0 Å². The SMILES string of the molecule is C#CCN(CC)C(=O)C(C)(C)C#N. The van der Waals surface area contributed by atoms with E-state index in [1.165, 1.54) is 4.90 Å². The van der Waals surface area contributed by atoms with Crippen molar-refractivity contribution in [2.24, 2.45) is 5.41 Å². The number of carbonyl (C=O) groups is 1. The number of amides is 1. The van der Waals surface area contributed by atoms with Gasteiger partial charge in [0.1, 0.15) is 5.41 Å². The molecule has 0 fully saturated rings. The molecule has 0 heterocycles. The van der Waals surface area contributed by atoms with E-state index in [-0.39, 0.29) is 12.5 Å². The highest BCUT2D eigenvalue weighted by Gasteiger charge is 2.30. The standard InChI is InChI=1S/C10H14N2O/c1-5-7-12(6-2)9(13)10(3,4)8-11/h1H,6-7H2,2-4H3. The van der Waals surface area contributed by atoms with Crippen LogP contribution >= 0.6 is 0 Å². The normalized spacial score (nSPS) is 9.92. The van der Waals surface area contributed by atoms with E-state index in [0.717, 1.165) is 0 Å². The maximum Gasteiger partial charge on any atom is 0.243 e. The third-order valence-electron chi connectivity index (χ3n) is 1.77. The van der Waals surface area contributed by atoms with Crippen LogP contribution in [0.3, 0.4) is 0 Å². The molecule has 0 aromatic heterocycles. The molecular formula is C10H14N2O. The van der Waals surface area contributed by atoms with Gasteiger partial charge in [0.15, 0.2) is 0 Å². The Balaban J connectivity index is 4.59. The first-order valence-corrected chi connectivity index (χ1v) is 4.13. The van der Waals surface area contributed by atoms with Crippen molar-refractivity contribution in [1.29, 1.82) is 5.26 Å². The topological polar surface area (TPSA) is 44.1 Å². The molecule has 0 spiro atoms. The van der Waals surface area contributed by atoms with Crippen LogP contribution in [0.1, 0.15) is 20.8 Å². The maximum atomic E-state index is 11.6. The van der Waals surface area contributed by atoms with E-state index >= 15 is 0 Å². The smallest absolute Gasteiger partial charge is 0.243 e. The number of rotatable bonds is 3. The van der Waals surface area contributed by atoms with Gasteiger partial charge in [0.2, 0.25) is 5.91 Å². The first-order chi connectivity index (χ1) is 5.99. The Labute approximate surface area is 79.3 Å². The molecule has 0 bridgehead atoms. The van der Waals surface area contributed by atoms with Gasteiger partial charge in [0, 0.05) is 6.54 Å². The van der Waals surface area contributed by atoms with E-state index in [2.05, 4.69) is 5.92 Å². The van der Waals surface area contributed by atoms with Gasteiger partial charge >= 0.3 is 0 Å². The molecule has 0 N–H and O–H groups in total. The van der Waals surface area contributed by atoms with E-state index in [9.17, 15) is 4.79 Å². The van der Waals surface area contributed by atoms with E-state index < -0.39 is 5.41 Å². The lowest BCUT2D eigenvalue weighted by Crippen LogP contribution is -2.40. The molecule has 0 rings (SSSR count). The third-order valence-corrected chi connectivity index (χ3v) is 1.77. The first-order valence-electron chi connectivity index (χ1n) is 4.13. The fraction of sp³-hybridized carbons (Fsp3) is 0.600. The minimum Gasteiger partial charge on any atom is -0.330 e. The molecule has 0 saturated heterocycles. The molecule has 0 aromatic carbocycles. The van der Waals surface area contributed by atoms with Gasteiger partial charge in [-0.05, 0) is 20.8 Å². The average molecular weight is 178 g/mol. The molecule has 0 aliphatic heterocycles. The predicted molar refractivity (Wildman–Crippen MR) is 50.5 cm³/mol. The maximum absolute atomic E-state index is 11.6. The van der Waals surface area contributed by atoms with Crippen LogP contribution < -0.4 is 0 Å². The van der Waals surface area contributed by atoms with Crippen LogP contribution in [0.4, 0.5) is 0 Å². The lowest BCUT2D eigenvalue weighted by atomic mass is 9.94. The summed E-state index contributed by atoms with van der Waals surface area (Å²) in [6, 6.07) is 1.95. The van der Waals surface area contributed by atoms with Crippen molar-refractivity contribution in [3.8, 4) is 18.4 Å². The van der Waals surface area contributed by atoms with Crippen LogP contribution in [-0.4, -0.2) is 23.9 Å². The summed E-state index contributed by atoms with van der Waals surface area (Å²) in [4.78, 5) is 13.1. The van der Waals surface area contributed by atoms with Crippen molar-refractivity contribution >= 4 is 5.91 Å². The fourth-order valence-corrected chi connectivity index (χ4v) is 0.881. The minimum absolute atomic E-state index is 0.213. The second kappa shape index (κ2) is 4.52. The molecule has 3 nitrogen and oxygen atoms in total. The second-order valence-electron chi connectivity index (χ2n) is 3.26. The molecule has 70 valence electrons. The summed E-state index contributed by atoms with van der Waals surface area (Å²) in [7, 11) is 0. The molecule has 0 atom stereocenters. The second-order valence-corrected chi connectivity index (χ2v) is 3.26. The van der Waals surface area contributed by atoms with Gasteiger partial charge in [0.25, 0.3) is 0 Å². The molecule has 0 saturated carbocycles. The number of hydrogen-bond donors (Lipinski definition) is 0. The van der Waals surface area contributed by atoms with Crippen molar-refractivity contribution in [3.05, 3.63) is 0 Å². The predicted octanol–water partition coefficient (Wildman–Crippen LogP) is 1.02. The number of nitrogens with zero attached hydrogens (tertiary/aromatic N) is 2. The van der Waals surface area contributed by atoms with E-state index in [4.69, 9.17) is 11.7 Å². The van der Waals surface area contributed by atoms with E-state index in [1.807, 2.05) is 13.0 Å². The summed E-state index contributed by atoms with van der Waals surface area (Å²) in [5.74, 6) is 2.18. The number of nitriles is 1. The summed E-state index contributed by atoms with van der Waals surface area (Å²) in [5, 5.41) is 8.73. The zero-order chi connectivity index (χ0) is 10.5. The Hall–Kier alpha value is -1.48. The molecule has 0 unspecified atom stereocenters. The highest BCUT2D eigenvalue weighted by atomic mass is 16.2. The Kier molecular flexibility index (Phi) is 4.01. The van der Waals surface area contributed by atoms with Gasteiger partial charge in [-0.15, -0.1) is 6.42 Å². The number of carbonyl (C=O) groups excluding carboxylic acids is 1. The van der Waals surface area contributed by atoms with Crippen molar-refractivity contribution < 1.29 is 4.79 Å². The number of hydrogen-bond acceptors (Lipinski definition) is 2. The molecule has 0 aliphatic rings. The summed E-state index contributed by atoms with van der Waals surface area (Å²) in [6.07, 6.45) is 5.10. The van der Waals surface area contributed by atoms with Crippen LogP contribution in [0, 0.1) is 29.1 Å². The molecule has 3 heteroatoms. The van der Waals surface area contributed by atoms with Crippen LogP contribution in [0.15, 0.2) is 0 Å². The highest BCUT2D eigenvalue weighted by Crippen LogP contribution is 2.16. The van der Waals surface area contributed by atoms with Gasteiger partial charge in [-0.25, -0.2) is 0 Å². The molecule has 0 aliphatic carbocycles. The monoisotopic (exact) mass is 178 g/mol. The van der Waals surface area contributed by atoms with Crippen molar-refractivity contribution in [2.45, 2.75) is 20.8 Å². The minimum atomic E-state index is -0.979. The van der Waals surface area contributed by atoms with Crippen molar-refractivity contribution in [3.63, 3.8) is 0 Å². The van der Waals surface area contributed by atoms with E-state index in [0.29, 0.717) is 6.54 Å². The summed E-state index contributed by atoms with van der Waals surface area (Å²) in [5.41, 5.74) is -0.979. The quantitative estimate of drug-likeness (QED) is 0.605. The molecule has 0 aromatic rings. The lowest BCUT2D eigenvalue weighted by molar-refractivity contribution is -0.136. The first kappa shape index (κ1) is 11.5. The molecule has 13 heavy (non-hydrogen) atoms. The highest BCUT2D eigenvalue weighted by molar-refractivity contribution is 5.84. The van der Waals surface area contributed by atoms with Gasteiger partial charge in [-0.1, -0.05) is 5.92 Å². The largest absolute Gasteiger partial charge is 0.330 e. The van der Waals surface area contributed by atoms with Crippen LogP contribution in [-0.2, 0) is 4.79 Å². The Morgan fingerprint density at radius 2 is 2.15 bits per heavy atom. The van der Waals surface area contributed by atoms with Gasteiger partial charge in [-0.3, -0.25) is 4.79 Å². The van der Waals surface area contributed by atoms with Crippen LogP contribution in [0.25, 0.3) is 0 Å². The van der Waals surface area contributed by atoms with Crippen molar-refractivity contribution in [1.82, 2.24) is 4.90 Å². The fourth-order valence-electron chi connectivity index (χ4n) is 0.881. The molecule has 0 radical (unpaired) electrons. The van der Waals surface area contributed by atoms with Gasteiger partial charge in [-0.2, -0.15) is 5.26 Å². The summed E-state index contributed by atoms with van der Waals surface area (Å²) >= 11 is 0. The number of terminal acetylenes is 1. The molecule has 1 amide bonds. The zero-order valence-electron chi connectivity index (χ0n) is 8.29.